The zero-order valence-electron chi connectivity index (χ0n) is 14.0. The monoisotopic (exact) mass is 353 g/mol. The van der Waals surface area contributed by atoms with E-state index in [1.54, 1.807) is 35.1 Å². The summed E-state index contributed by atoms with van der Waals surface area (Å²) in [6.45, 7) is 0.588. The molecule has 0 saturated carbocycles. The molecule has 0 saturated heterocycles. The summed E-state index contributed by atoms with van der Waals surface area (Å²) < 4.78 is 20.3. The molecule has 1 N–H and O–H groups in total. The van der Waals surface area contributed by atoms with Crippen LogP contribution in [0.2, 0.25) is 0 Å². The minimum absolute atomic E-state index is 0.0847. The third-order valence-electron chi connectivity index (χ3n) is 3.76. The van der Waals surface area contributed by atoms with E-state index in [1.165, 1.54) is 19.2 Å². The molecule has 0 radical (unpaired) electrons. The fourth-order valence-electron chi connectivity index (χ4n) is 2.40. The van der Waals surface area contributed by atoms with Crippen LogP contribution < -0.4 is 5.32 Å². The number of esters is 1. The van der Waals surface area contributed by atoms with Crippen LogP contribution in [0.15, 0.2) is 60.9 Å². The van der Waals surface area contributed by atoms with E-state index in [-0.39, 0.29) is 11.3 Å². The molecule has 1 amide bonds. The number of rotatable bonds is 5. The van der Waals surface area contributed by atoms with Crippen LogP contribution >= 0.6 is 0 Å². The lowest BCUT2D eigenvalue weighted by atomic mass is 10.1. The van der Waals surface area contributed by atoms with Crippen molar-refractivity contribution in [3.8, 4) is 0 Å². The molecule has 1 aromatic heterocycles. The molecule has 0 aliphatic rings. The number of carbonyl (C=O) groups excluding carboxylic acids is 2. The number of benzene rings is 2. The highest BCUT2D eigenvalue weighted by atomic mass is 19.1. The van der Waals surface area contributed by atoms with Crippen LogP contribution in [0.4, 0.5) is 10.1 Å². The summed E-state index contributed by atoms with van der Waals surface area (Å²) in [5.41, 5.74) is 1.42. The van der Waals surface area contributed by atoms with E-state index in [0.29, 0.717) is 12.1 Å². The van der Waals surface area contributed by atoms with Gasteiger partial charge in [0.2, 0.25) is 0 Å². The van der Waals surface area contributed by atoms with Crippen LogP contribution in [0.25, 0.3) is 0 Å². The summed E-state index contributed by atoms with van der Waals surface area (Å²) in [6, 6.07) is 12.4. The zero-order chi connectivity index (χ0) is 18.5. The van der Waals surface area contributed by atoms with Crippen molar-refractivity contribution >= 4 is 17.6 Å². The quantitative estimate of drug-likeness (QED) is 0.716. The van der Waals surface area contributed by atoms with Gasteiger partial charge in [0.1, 0.15) is 5.82 Å². The number of aromatic nitrogens is 2. The number of nitrogens with one attached hydrogen (secondary N) is 1. The van der Waals surface area contributed by atoms with Gasteiger partial charge in [-0.05, 0) is 42.0 Å². The molecule has 26 heavy (non-hydrogen) atoms. The maximum atomic E-state index is 13.9. The molecular weight excluding hydrogens is 337 g/mol. The molecule has 6 nitrogen and oxygen atoms in total. The van der Waals surface area contributed by atoms with Crippen LogP contribution in [-0.4, -0.2) is 28.8 Å². The molecule has 0 aliphatic heterocycles. The first kappa shape index (κ1) is 17.3. The first-order valence-electron chi connectivity index (χ1n) is 7.82. The van der Waals surface area contributed by atoms with Crippen LogP contribution in [0.5, 0.6) is 0 Å². The Balaban J connectivity index is 1.72. The van der Waals surface area contributed by atoms with E-state index < -0.39 is 17.7 Å². The number of hydrogen-bond donors (Lipinski definition) is 1. The Kier molecular flexibility index (Phi) is 5.07. The van der Waals surface area contributed by atoms with E-state index in [4.69, 9.17) is 0 Å². The Hall–Kier alpha value is -3.48. The van der Waals surface area contributed by atoms with Gasteiger partial charge >= 0.3 is 5.97 Å². The van der Waals surface area contributed by atoms with Crippen molar-refractivity contribution in [3.05, 3.63) is 83.4 Å². The zero-order valence-corrected chi connectivity index (χ0v) is 14.0. The van der Waals surface area contributed by atoms with Crippen molar-refractivity contribution in [1.29, 1.82) is 0 Å². The number of hydrogen-bond acceptors (Lipinski definition) is 4. The second-order valence-corrected chi connectivity index (χ2v) is 5.54. The Bertz CT molecular complexity index is 922. The molecule has 0 spiro atoms. The van der Waals surface area contributed by atoms with E-state index in [0.717, 1.165) is 11.6 Å². The van der Waals surface area contributed by atoms with Gasteiger partial charge in [0.25, 0.3) is 5.91 Å². The van der Waals surface area contributed by atoms with Gasteiger partial charge in [-0.2, -0.15) is 5.10 Å². The van der Waals surface area contributed by atoms with Crippen molar-refractivity contribution in [2.75, 3.05) is 12.4 Å². The molecule has 1 heterocycles. The minimum atomic E-state index is -0.638. The number of amides is 1. The Morgan fingerprint density at radius 1 is 1.15 bits per heavy atom. The number of halogens is 1. The second-order valence-electron chi connectivity index (χ2n) is 5.54. The van der Waals surface area contributed by atoms with Crippen LogP contribution in [0.3, 0.4) is 0 Å². The second kappa shape index (κ2) is 7.60. The van der Waals surface area contributed by atoms with E-state index in [9.17, 15) is 14.0 Å². The third-order valence-corrected chi connectivity index (χ3v) is 3.76. The third kappa shape index (κ3) is 3.94. The van der Waals surface area contributed by atoms with Crippen LogP contribution in [0.1, 0.15) is 26.3 Å². The van der Waals surface area contributed by atoms with Crippen LogP contribution in [0, 0.1) is 5.82 Å². The highest BCUT2D eigenvalue weighted by Gasteiger charge is 2.13. The maximum absolute atomic E-state index is 13.9. The van der Waals surface area contributed by atoms with Crippen molar-refractivity contribution in [1.82, 2.24) is 9.78 Å². The largest absolute Gasteiger partial charge is 0.465 e. The SMILES string of the molecule is COC(=O)c1ccc(F)c(NC(=O)c2ccc(Cn3cccn3)cc2)c1. The van der Waals surface area contributed by atoms with Crippen molar-refractivity contribution < 1.29 is 18.7 Å². The van der Waals surface area contributed by atoms with Gasteiger partial charge in [-0.3, -0.25) is 9.48 Å². The number of anilines is 1. The van der Waals surface area contributed by atoms with Crippen LogP contribution in [-0.2, 0) is 11.3 Å². The molecule has 3 rings (SSSR count). The molecule has 3 aromatic rings. The lowest BCUT2D eigenvalue weighted by Gasteiger charge is -2.09. The first-order chi connectivity index (χ1) is 12.6. The van der Waals surface area contributed by atoms with Gasteiger partial charge in [0.15, 0.2) is 0 Å². The van der Waals surface area contributed by atoms with Crippen molar-refractivity contribution in [2.45, 2.75) is 6.54 Å². The minimum Gasteiger partial charge on any atom is -0.465 e. The fraction of sp³-hybridized carbons (Fsp3) is 0.105. The van der Waals surface area contributed by atoms with Gasteiger partial charge in [-0.15, -0.1) is 0 Å². The Morgan fingerprint density at radius 3 is 2.54 bits per heavy atom. The smallest absolute Gasteiger partial charge is 0.337 e. The lowest BCUT2D eigenvalue weighted by molar-refractivity contribution is 0.0600. The molecule has 7 heteroatoms. The van der Waals surface area contributed by atoms with E-state index in [2.05, 4.69) is 15.2 Å². The standard InChI is InChI=1S/C19H16FN3O3/c1-26-19(25)15-7-8-16(20)17(11-15)22-18(24)14-5-3-13(4-6-14)12-23-10-2-9-21-23/h2-11H,12H2,1H3,(H,22,24). The molecular formula is C19H16FN3O3. The van der Waals surface area contributed by atoms with Crippen molar-refractivity contribution in [2.24, 2.45) is 0 Å². The highest BCUT2D eigenvalue weighted by Crippen LogP contribution is 2.18. The Labute approximate surface area is 149 Å². The summed E-state index contributed by atoms with van der Waals surface area (Å²) in [5, 5.41) is 6.59. The predicted octanol–water partition coefficient (Wildman–Crippen LogP) is 3.11. The summed E-state index contributed by atoms with van der Waals surface area (Å²) in [5.74, 6) is -1.72. The summed E-state index contributed by atoms with van der Waals surface area (Å²) in [7, 11) is 1.23. The Morgan fingerprint density at radius 2 is 1.88 bits per heavy atom. The average molecular weight is 353 g/mol. The van der Waals surface area contributed by atoms with Gasteiger partial charge < -0.3 is 10.1 Å². The molecule has 0 atom stereocenters. The van der Waals surface area contributed by atoms with Gasteiger partial charge in [-0.25, -0.2) is 9.18 Å². The van der Waals surface area contributed by atoms with Gasteiger partial charge in [0.05, 0.1) is 24.9 Å². The summed E-state index contributed by atoms with van der Waals surface area (Å²) >= 11 is 0. The lowest BCUT2D eigenvalue weighted by Crippen LogP contribution is -2.14. The fourth-order valence-corrected chi connectivity index (χ4v) is 2.40. The molecule has 132 valence electrons. The maximum Gasteiger partial charge on any atom is 0.337 e. The van der Waals surface area contributed by atoms with E-state index in [1.807, 2.05) is 12.3 Å². The molecule has 0 aliphatic carbocycles. The average Bonchev–Trinajstić information content (AvgIpc) is 3.16. The van der Waals surface area contributed by atoms with Gasteiger partial charge in [-0.1, -0.05) is 12.1 Å². The number of nitrogens with zero attached hydrogens (tertiary/aromatic N) is 2. The van der Waals surface area contributed by atoms with E-state index >= 15 is 0 Å². The molecule has 0 unspecified atom stereocenters. The summed E-state index contributed by atoms with van der Waals surface area (Å²) in [4.78, 5) is 23.9. The summed E-state index contributed by atoms with van der Waals surface area (Å²) in [6.07, 6.45) is 3.54. The number of carbonyl (C=O) groups is 2. The number of methoxy groups -OCH3 is 1. The van der Waals surface area contributed by atoms with Crippen molar-refractivity contribution in [3.63, 3.8) is 0 Å². The first-order valence-corrected chi connectivity index (χ1v) is 7.82. The van der Waals surface area contributed by atoms with Gasteiger partial charge in [0, 0.05) is 18.0 Å². The predicted molar refractivity (Wildman–Crippen MR) is 93.5 cm³/mol. The molecule has 0 fully saturated rings. The highest BCUT2D eigenvalue weighted by molar-refractivity contribution is 6.05. The molecule has 0 bridgehead atoms. The topological polar surface area (TPSA) is 73.2 Å². The number of ether oxygens (including phenoxy) is 1. The molecule has 2 aromatic carbocycles. The normalized spacial score (nSPS) is 10.4.